The highest BCUT2D eigenvalue weighted by molar-refractivity contribution is 5.56. The first-order chi connectivity index (χ1) is 10.2. The van der Waals surface area contributed by atoms with Crippen LogP contribution < -0.4 is 10.2 Å². The quantitative estimate of drug-likeness (QED) is 0.844. The summed E-state index contributed by atoms with van der Waals surface area (Å²) in [5.41, 5.74) is 1.70. The smallest absolute Gasteiger partial charge is 0.146 e. The van der Waals surface area contributed by atoms with E-state index in [1.807, 2.05) is 20.0 Å². The Morgan fingerprint density at radius 1 is 1.43 bits per heavy atom. The predicted octanol–water partition coefficient (Wildman–Crippen LogP) is 2.08. The van der Waals surface area contributed by atoms with Crippen molar-refractivity contribution in [3.63, 3.8) is 0 Å². The summed E-state index contributed by atoms with van der Waals surface area (Å²) in [5.74, 6) is -0.163. The summed E-state index contributed by atoms with van der Waals surface area (Å²) in [5, 5.41) is 12.0. The Morgan fingerprint density at radius 2 is 2.14 bits per heavy atom. The van der Waals surface area contributed by atoms with Crippen LogP contribution in [-0.4, -0.2) is 44.6 Å². The van der Waals surface area contributed by atoms with Gasteiger partial charge in [-0.3, -0.25) is 0 Å². The first-order valence-electron chi connectivity index (χ1n) is 7.60. The van der Waals surface area contributed by atoms with Crippen molar-refractivity contribution in [1.29, 1.82) is 0 Å². The number of nitrogens with one attached hydrogen (secondary N) is 1. The van der Waals surface area contributed by atoms with E-state index in [0.29, 0.717) is 12.3 Å². The molecule has 5 heteroatoms. The highest BCUT2D eigenvalue weighted by atomic mass is 19.1. The summed E-state index contributed by atoms with van der Waals surface area (Å²) in [4.78, 5) is 2.11. The van der Waals surface area contributed by atoms with Gasteiger partial charge in [-0.1, -0.05) is 12.1 Å². The molecule has 2 N–H and O–H groups in total. The number of benzene rings is 1. The van der Waals surface area contributed by atoms with E-state index >= 15 is 0 Å². The minimum atomic E-state index is -0.163. The van der Waals surface area contributed by atoms with Crippen molar-refractivity contribution < 1.29 is 14.2 Å². The number of hydrogen-bond acceptors (Lipinski definition) is 4. The molecule has 1 aliphatic heterocycles. The second kappa shape index (κ2) is 7.73. The second-order valence-corrected chi connectivity index (χ2v) is 5.47. The topological polar surface area (TPSA) is 44.7 Å². The van der Waals surface area contributed by atoms with Gasteiger partial charge in [-0.25, -0.2) is 4.39 Å². The number of aliphatic hydroxyl groups excluding tert-OH is 1. The number of piperidine rings is 1. The molecule has 1 heterocycles. The van der Waals surface area contributed by atoms with Crippen molar-refractivity contribution in [2.24, 2.45) is 0 Å². The maximum Gasteiger partial charge on any atom is 0.146 e. The Bertz CT molecular complexity index is 448. The third kappa shape index (κ3) is 3.93. The lowest BCUT2D eigenvalue weighted by Gasteiger charge is -2.35. The first-order valence-corrected chi connectivity index (χ1v) is 7.60. The molecule has 21 heavy (non-hydrogen) atoms. The van der Waals surface area contributed by atoms with Crippen molar-refractivity contribution >= 4 is 5.69 Å². The molecule has 1 saturated heterocycles. The second-order valence-electron chi connectivity index (χ2n) is 5.47. The van der Waals surface area contributed by atoms with Gasteiger partial charge < -0.3 is 20.1 Å². The number of aliphatic hydroxyl groups is 1. The molecule has 1 aliphatic rings. The van der Waals surface area contributed by atoms with Crippen molar-refractivity contribution in [2.45, 2.75) is 31.9 Å². The van der Waals surface area contributed by atoms with Gasteiger partial charge in [0.05, 0.1) is 25.0 Å². The SMILES string of the molecule is CNC(C)c1cccc(F)c1N1CCC(OCCO)CC1. The summed E-state index contributed by atoms with van der Waals surface area (Å²) >= 11 is 0. The Hall–Kier alpha value is -1.17. The summed E-state index contributed by atoms with van der Waals surface area (Å²) in [6.07, 6.45) is 1.90. The summed E-state index contributed by atoms with van der Waals surface area (Å²) < 4.78 is 19.9. The third-order valence-corrected chi connectivity index (χ3v) is 4.12. The fraction of sp³-hybridized carbons (Fsp3) is 0.625. The van der Waals surface area contributed by atoms with E-state index in [9.17, 15) is 4.39 Å². The van der Waals surface area contributed by atoms with Crippen molar-refractivity contribution in [3.05, 3.63) is 29.6 Å². The number of hydrogen-bond donors (Lipinski definition) is 2. The molecule has 0 radical (unpaired) electrons. The van der Waals surface area contributed by atoms with Gasteiger partial charge in [-0.05, 0) is 38.4 Å². The lowest BCUT2D eigenvalue weighted by Crippen LogP contribution is -2.38. The molecule has 0 amide bonds. The van der Waals surface area contributed by atoms with Crippen LogP contribution in [-0.2, 0) is 4.74 Å². The summed E-state index contributed by atoms with van der Waals surface area (Å²) in [6, 6.07) is 5.38. The maximum absolute atomic E-state index is 14.3. The minimum Gasteiger partial charge on any atom is -0.394 e. The van der Waals surface area contributed by atoms with Crippen molar-refractivity contribution in [1.82, 2.24) is 5.32 Å². The number of para-hydroxylation sites is 1. The van der Waals surface area contributed by atoms with Crippen LogP contribution in [0.25, 0.3) is 0 Å². The van der Waals surface area contributed by atoms with Crippen LogP contribution in [0.2, 0.25) is 0 Å². The van der Waals surface area contributed by atoms with Crippen LogP contribution in [0.4, 0.5) is 10.1 Å². The van der Waals surface area contributed by atoms with Gasteiger partial charge >= 0.3 is 0 Å². The van der Waals surface area contributed by atoms with E-state index in [0.717, 1.165) is 31.5 Å². The average Bonchev–Trinajstić information content (AvgIpc) is 2.52. The maximum atomic E-state index is 14.3. The highest BCUT2D eigenvalue weighted by Gasteiger charge is 2.24. The van der Waals surface area contributed by atoms with Gasteiger partial charge in [0.1, 0.15) is 5.82 Å². The van der Waals surface area contributed by atoms with E-state index in [1.54, 1.807) is 6.07 Å². The first kappa shape index (κ1) is 16.2. The van der Waals surface area contributed by atoms with Gasteiger partial charge in [-0.2, -0.15) is 0 Å². The van der Waals surface area contributed by atoms with Crippen molar-refractivity contribution in [3.8, 4) is 0 Å². The molecule has 1 aromatic rings. The molecule has 1 aromatic carbocycles. The van der Waals surface area contributed by atoms with Crippen molar-refractivity contribution in [2.75, 3.05) is 38.3 Å². The number of rotatable bonds is 6. The van der Waals surface area contributed by atoms with Crippen LogP contribution in [0.3, 0.4) is 0 Å². The van der Waals surface area contributed by atoms with Gasteiger partial charge in [-0.15, -0.1) is 0 Å². The fourth-order valence-corrected chi connectivity index (χ4v) is 2.84. The highest BCUT2D eigenvalue weighted by Crippen LogP contribution is 2.31. The predicted molar refractivity (Wildman–Crippen MR) is 82.1 cm³/mol. The van der Waals surface area contributed by atoms with Crippen LogP contribution in [0.1, 0.15) is 31.4 Å². The molecule has 2 rings (SSSR count). The number of anilines is 1. The average molecular weight is 296 g/mol. The normalized spacial score (nSPS) is 18.0. The van der Waals surface area contributed by atoms with Gasteiger partial charge in [0.15, 0.2) is 0 Å². The molecule has 4 nitrogen and oxygen atoms in total. The number of ether oxygens (including phenoxy) is 1. The molecule has 0 saturated carbocycles. The fourth-order valence-electron chi connectivity index (χ4n) is 2.84. The van der Waals surface area contributed by atoms with Gasteiger partial charge in [0.2, 0.25) is 0 Å². The third-order valence-electron chi connectivity index (χ3n) is 4.12. The Kier molecular flexibility index (Phi) is 5.96. The lowest BCUT2D eigenvalue weighted by atomic mass is 10.0. The minimum absolute atomic E-state index is 0.0529. The molecule has 0 spiro atoms. The van der Waals surface area contributed by atoms with Crippen LogP contribution in [0, 0.1) is 5.82 Å². The zero-order chi connectivity index (χ0) is 15.2. The molecular weight excluding hydrogens is 271 g/mol. The molecular formula is C16H25FN2O2. The molecule has 1 fully saturated rings. The zero-order valence-electron chi connectivity index (χ0n) is 12.8. The van der Waals surface area contributed by atoms with E-state index in [2.05, 4.69) is 10.2 Å². The Balaban J connectivity index is 2.09. The summed E-state index contributed by atoms with van der Waals surface area (Å²) in [7, 11) is 1.88. The molecule has 0 aromatic heterocycles. The van der Waals surface area contributed by atoms with Crippen LogP contribution >= 0.6 is 0 Å². The monoisotopic (exact) mass is 296 g/mol. The zero-order valence-corrected chi connectivity index (χ0v) is 12.8. The largest absolute Gasteiger partial charge is 0.394 e. The van der Waals surface area contributed by atoms with E-state index in [4.69, 9.17) is 9.84 Å². The van der Waals surface area contributed by atoms with Crippen LogP contribution in [0.5, 0.6) is 0 Å². The van der Waals surface area contributed by atoms with E-state index in [1.165, 1.54) is 6.07 Å². The molecule has 1 unspecified atom stereocenters. The summed E-state index contributed by atoms with van der Waals surface area (Å²) in [6.45, 7) is 4.03. The van der Waals surface area contributed by atoms with Gasteiger partial charge in [0.25, 0.3) is 0 Å². The van der Waals surface area contributed by atoms with E-state index < -0.39 is 0 Å². The Labute approximate surface area is 125 Å². The molecule has 1 atom stereocenters. The molecule has 0 bridgehead atoms. The Morgan fingerprint density at radius 3 is 2.76 bits per heavy atom. The number of halogens is 1. The molecule has 118 valence electrons. The number of nitrogens with zero attached hydrogens (tertiary/aromatic N) is 1. The lowest BCUT2D eigenvalue weighted by molar-refractivity contribution is 0.0158. The standard InChI is InChI=1S/C16H25FN2O2/c1-12(18-2)14-4-3-5-15(17)16(14)19-8-6-13(7-9-19)21-11-10-20/h3-5,12-13,18,20H,6-11H2,1-2H3. The van der Waals surface area contributed by atoms with Crippen LogP contribution in [0.15, 0.2) is 18.2 Å². The van der Waals surface area contributed by atoms with E-state index in [-0.39, 0.29) is 24.6 Å². The van der Waals surface area contributed by atoms with Gasteiger partial charge in [0, 0.05) is 19.1 Å². The molecule has 0 aliphatic carbocycles.